The third-order valence-corrected chi connectivity index (χ3v) is 5.00. The largest absolute Gasteiger partial charge is 0.359 e. The van der Waals surface area contributed by atoms with E-state index in [4.69, 9.17) is 4.74 Å². The summed E-state index contributed by atoms with van der Waals surface area (Å²) >= 11 is 0. The Bertz CT molecular complexity index is 593. The van der Waals surface area contributed by atoms with Gasteiger partial charge in [0.25, 0.3) is 0 Å². The van der Waals surface area contributed by atoms with E-state index in [2.05, 4.69) is 0 Å². The fourth-order valence-electron chi connectivity index (χ4n) is 3.84. The first-order valence-electron chi connectivity index (χ1n) is 7.34. The summed E-state index contributed by atoms with van der Waals surface area (Å²) in [6, 6.07) is 13.2. The molecule has 108 valence electrons. The van der Waals surface area contributed by atoms with Gasteiger partial charge in [-0.1, -0.05) is 24.3 Å². The van der Waals surface area contributed by atoms with Gasteiger partial charge in [0.2, 0.25) is 0 Å². The van der Waals surface area contributed by atoms with Crippen molar-refractivity contribution in [2.24, 2.45) is 0 Å². The highest BCUT2D eigenvalue weighted by molar-refractivity contribution is 5.33. The average Bonchev–Trinajstić information content (AvgIpc) is 3.07. The van der Waals surface area contributed by atoms with Crippen LogP contribution in [0.4, 0.5) is 8.78 Å². The van der Waals surface area contributed by atoms with Crippen LogP contribution in [0, 0.1) is 11.6 Å². The molecule has 1 nitrogen and oxygen atoms in total. The Morgan fingerprint density at radius 2 is 0.952 bits per heavy atom. The van der Waals surface area contributed by atoms with E-state index >= 15 is 0 Å². The van der Waals surface area contributed by atoms with Crippen LogP contribution in [-0.4, -0.2) is 0 Å². The van der Waals surface area contributed by atoms with Crippen LogP contribution in [0.25, 0.3) is 0 Å². The molecule has 0 aliphatic carbocycles. The molecule has 2 aromatic rings. The van der Waals surface area contributed by atoms with Gasteiger partial charge in [0, 0.05) is 0 Å². The van der Waals surface area contributed by atoms with Crippen LogP contribution < -0.4 is 0 Å². The van der Waals surface area contributed by atoms with Crippen molar-refractivity contribution in [3.05, 3.63) is 71.3 Å². The van der Waals surface area contributed by atoms with Gasteiger partial charge in [-0.25, -0.2) is 8.78 Å². The smallest absolute Gasteiger partial charge is 0.123 e. The summed E-state index contributed by atoms with van der Waals surface area (Å²) in [5.74, 6) is -0.452. The second-order valence-electron chi connectivity index (χ2n) is 6.10. The Hall–Kier alpha value is -1.74. The first-order chi connectivity index (χ1) is 10.1. The maximum atomic E-state index is 13.1. The topological polar surface area (TPSA) is 9.23 Å². The molecule has 0 amide bonds. The molecule has 2 aliphatic rings. The third kappa shape index (κ3) is 1.91. The van der Waals surface area contributed by atoms with E-state index in [1.807, 2.05) is 24.3 Å². The van der Waals surface area contributed by atoms with Crippen LogP contribution in [0.2, 0.25) is 0 Å². The predicted molar refractivity (Wildman–Crippen MR) is 75.7 cm³/mol. The molecule has 2 heterocycles. The number of ether oxygens (including phenoxy) is 1. The zero-order chi connectivity index (χ0) is 14.5. The average molecular weight is 286 g/mol. The summed E-state index contributed by atoms with van der Waals surface area (Å²) in [5, 5.41) is 0. The van der Waals surface area contributed by atoms with E-state index in [1.54, 1.807) is 0 Å². The molecule has 2 fully saturated rings. The Kier molecular flexibility index (Phi) is 2.70. The lowest BCUT2D eigenvalue weighted by atomic mass is 9.76. The Morgan fingerprint density at radius 3 is 1.29 bits per heavy atom. The molecular formula is C18H16F2O. The predicted octanol–water partition coefficient (Wildman–Crippen LogP) is 4.66. The first-order valence-corrected chi connectivity index (χ1v) is 7.34. The van der Waals surface area contributed by atoms with Crippen LogP contribution in [0.15, 0.2) is 48.5 Å². The molecule has 0 saturated carbocycles. The number of rotatable bonds is 2. The summed E-state index contributed by atoms with van der Waals surface area (Å²) in [4.78, 5) is 0. The van der Waals surface area contributed by atoms with Crippen molar-refractivity contribution in [1.29, 1.82) is 0 Å². The molecular weight excluding hydrogens is 270 g/mol. The van der Waals surface area contributed by atoms with E-state index in [9.17, 15) is 8.78 Å². The normalized spacial score (nSPS) is 30.8. The van der Waals surface area contributed by atoms with Crippen LogP contribution in [-0.2, 0) is 15.9 Å². The fourth-order valence-corrected chi connectivity index (χ4v) is 3.84. The van der Waals surface area contributed by atoms with E-state index in [-0.39, 0.29) is 22.8 Å². The molecule has 0 spiro atoms. The molecule has 0 unspecified atom stereocenters. The Balaban J connectivity index is 1.69. The van der Waals surface area contributed by atoms with Crippen LogP contribution in [0.5, 0.6) is 0 Å². The van der Waals surface area contributed by atoms with Gasteiger partial charge in [0.15, 0.2) is 0 Å². The lowest BCUT2D eigenvalue weighted by Crippen LogP contribution is -2.22. The van der Waals surface area contributed by atoms with Crippen molar-refractivity contribution < 1.29 is 13.5 Å². The monoisotopic (exact) mass is 286 g/mol. The first kappa shape index (κ1) is 13.0. The second-order valence-corrected chi connectivity index (χ2v) is 6.10. The maximum absolute atomic E-state index is 13.1. The quantitative estimate of drug-likeness (QED) is 0.780. The molecule has 0 radical (unpaired) electrons. The molecule has 0 N–H and O–H groups in total. The summed E-state index contributed by atoms with van der Waals surface area (Å²) < 4.78 is 32.7. The maximum Gasteiger partial charge on any atom is 0.123 e. The summed E-state index contributed by atoms with van der Waals surface area (Å²) in [6.45, 7) is 0. The van der Waals surface area contributed by atoms with Gasteiger partial charge < -0.3 is 4.74 Å². The lowest BCUT2D eigenvalue weighted by Gasteiger charge is -2.25. The second kappa shape index (κ2) is 4.38. The zero-order valence-corrected chi connectivity index (χ0v) is 11.6. The van der Waals surface area contributed by atoms with Crippen LogP contribution in [0.1, 0.15) is 36.8 Å². The van der Waals surface area contributed by atoms with E-state index in [0.29, 0.717) is 0 Å². The number of benzene rings is 2. The van der Waals surface area contributed by atoms with Gasteiger partial charge in [0.1, 0.15) is 11.6 Å². The summed E-state index contributed by atoms with van der Waals surface area (Å²) in [7, 11) is 0. The van der Waals surface area contributed by atoms with Crippen LogP contribution >= 0.6 is 0 Å². The molecule has 21 heavy (non-hydrogen) atoms. The number of hydrogen-bond acceptors (Lipinski definition) is 1. The highest BCUT2D eigenvalue weighted by Gasteiger charge is 2.56. The molecule has 2 aliphatic heterocycles. The van der Waals surface area contributed by atoms with Crippen molar-refractivity contribution >= 4 is 0 Å². The van der Waals surface area contributed by atoms with Gasteiger partial charge in [-0.2, -0.15) is 0 Å². The highest BCUT2D eigenvalue weighted by atomic mass is 19.1. The third-order valence-electron chi connectivity index (χ3n) is 5.00. The van der Waals surface area contributed by atoms with E-state index in [0.717, 1.165) is 36.8 Å². The minimum absolute atomic E-state index is 0.226. The van der Waals surface area contributed by atoms with Crippen molar-refractivity contribution in [2.75, 3.05) is 0 Å². The summed E-state index contributed by atoms with van der Waals surface area (Å²) in [6.07, 6.45) is 3.71. The standard InChI is InChI=1S/C18H16F2O/c19-15-5-1-13(2-6-15)17-9-11-18(21-17,12-10-17)14-3-7-16(20)8-4-14/h1-8H,9-12H2. The van der Waals surface area contributed by atoms with Gasteiger partial charge in [-0.3, -0.25) is 0 Å². The molecule has 3 heteroatoms. The van der Waals surface area contributed by atoms with Crippen molar-refractivity contribution in [1.82, 2.24) is 0 Å². The molecule has 4 rings (SSSR count). The van der Waals surface area contributed by atoms with Gasteiger partial charge in [-0.05, 0) is 61.1 Å². The van der Waals surface area contributed by atoms with Crippen molar-refractivity contribution in [3.63, 3.8) is 0 Å². The van der Waals surface area contributed by atoms with Crippen molar-refractivity contribution in [2.45, 2.75) is 36.9 Å². The number of halogens is 2. The molecule has 2 aromatic carbocycles. The molecule has 0 aromatic heterocycles. The van der Waals surface area contributed by atoms with Crippen molar-refractivity contribution in [3.8, 4) is 0 Å². The highest BCUT2D eigenvalue weighted by Crippen LogP contribution is 2.60. The van der Waals surface area contributed by atoms with Gasteiger partial charge in [0.05, 0.1) is 11.2 Å². The fraction of sp³-hybridized carbons (Fsp3) is 0.333. The minimum atomic E-state index is -0.303. The molecule has 2 saturated heterocycles. The Morgan fingerprint density at radius 1 is 0.619 bits per heavy atom. The van der Waals surface area contributed by atoms with Gasteiger partial charge >= 0.3 is 0 Å². The van der Waals surface area contributed by atoms with E-state index in [1.165, 1.54) is 24.3 Å². The number of fused-ring (bicyclic) bond motifs is 2. The SMILES string of the molecule is Fc1ccc(C23CCC(c4ccc(F)cc4)(CC2)O3)cc1. The van der Waals surface area contributed by atoms with Crippen LogP contribution in [0.3, 0.4) is 0 Å². The lowest BCUT2D eigenvalue weighted by molar-refractivity contribution is -0.0551. The summed E-state index contributed by atoms with van der Waals surface area (Å²) in [5.41, 5.74) is 1.49. The number of hydrogen-bond donors (Lipinski definition) is 0. The zero-order valence-electron chi connectivity index (χ0n) is 11.6. The van der Waals surface area contributed by atoms with Gasteiger partial charge in [-0.15, -0.1) is 0 Å². The molecule has 2 bridgehead atoms. The molecule has 0 atom stereocenters. The Labute approximate surface area is 122 Å². The minimum Gasteiger partial charge on any atom is -0.359 e. The van der Waals surface area contributed by atoms with E-state index < -0.39 is 0 Å².